The third kappa shape index (κ3) is 2.55. The number of amides is 1. The molecule has 2 aromatic carbocycles. The summed E-state index contributed by atoms with van der Waals surface area (Å²) in [5.41, 5.74) is 3.41. The van der Waals surface area contributed by atoms with Crippen LogP contribution in [0.3, 0.4) is 0 Å². The summed E-state index contributed by atoms with van der Waals surface area (Å²) in [6.45, 7) is 0. The second-order valence-corrected chi connectivity index (χ2v) is 5.78. The number of nitrogens with zero attached hydrogens (tertiary/aromatic N) is 2. The molecule has 23 heavy (non-hydrogen) atoms. The standard InChI is InChI=1S/C18H14N4O/c19-10-11-4-3-5-12(8-11)13-9-14(13)17(23)22-18-20-15-6-1-2-7-16(15)21-18/h1-8,13-14H,9H2,(H2,20,21,22,23). The molecule has 0 aliphatic heterocycles. The number of anilines is 1. The van der Waals surface area contributed by atoms with E-state index >= 15 is 0 Å². The lowest BCUT2D eigenvalue weighted by molar-refractivity contribution is -0.117. The summed E-state index contributed by atoms with van der Waals surface area (Å²) in [4.78, 5) is 19.8. The Hall–Kier alpha value is -3.13. The van der Waals surface area contributed by atoms with E-state index in [0.29, 0.717) is 11.5 Å². The van der Waals surface area contributed by atoms with E-state index in [1.807, 2.05) is 42.5 Å². The van der Waals surface area contributed by atoms with E-state index in [9.17, 15) is 4.79 Å². The normalized spacial score (nSPS) is 19.3. The number of fused-ring (bicyclic) bond motifs is 1. The van der Waals surface area contributed by atoms with Crippen molar-refractivity contribution in [2.24, 2.45) is 5.92 Å². The molecule has 1 saturated carbocycles. The maximum Gasteiger partial charge on any atom is 0.230 e. The summed E-state index contributed by atoms with van der Waals surface area (Å²) >= 11 is 0. The van der Waals surface area contributed by atoms with Crippen LogP contribution in [0.25, 0.3) is 11.0 Å². The summed E-state index contributed by atoms with van der Waals surface area (Å²) in [5.74, 6) is 0.578. The quantitative estimate of drug-likeness (QED) is 0.779. The third-order valence-corrected chi connectivity index (χ3v) is 4.20. The summed E-state index contributed by atoms with van der Waals surface area (Å²) in [7, 11) is 0. The van der Waals surface area contributed by atoms with Gasteiger partial charge in [0.25, 0.3) is 0 Å². The molecule has 5 nitrogen and oxygen atoms in total. The van der Waals surface area contributed by atoms with E-state index in [2.05, 4.69) is 21.4 Å². The Morgan fingerprint density at radius 3 is 2.96 bits per heavy atom. The number of benzene rings is 2. The van der Waals surface area contributed by atoms with Crippen molar-refractivity contribution in [3.05, 3.63) is 59.7 Å². The third-order valence-electron chi connectivity index (χ3n) is 4.20. The molecule has 0 bridgehead atoms. The Morgan fingerprint density at radius 2 is 2.13 bits per heavy atom. The first-order valence-electron chi connectivity index (χ1n) is 7.50. The molecule has 4 rings (SSSR count). The van der Waals surface area contributed by atoms with Gasteiger partial charge in [-0.2, -0.15) is 5.26 Å². The number of hydrogen-bond donors (Lipinski definition) is 2. The van der Waals surface area contributed by atoms with E-state index in [0.717, 1.165) is 23.0 Å². The molecule has 2 atom stereocenters. The Balaban J connectivity index is 1.47. The molecule has 1 aliphatic rings. The van der Waals surface area contributed by atoms with Crippen molar-refractivity contribution in [2.75, 3.05) is 5.32 Å². The van der Waals surface area contributed by atoms with Gasteiger partial charge in [-0.1, -0.05) is 24.3 Å². The van der Waals surface area contributed by atoms with Crippen LogP contribution in [0.2, 0.25) is 0 Å². The lowest BCUT2D eigenvalue weighted by Crippen LogP contribution is -2.15. The Kier molecular flexibility index (Phi) is 3.09. The van der Waals surface area contributed by atoms with Gasteiger partial charge in [0.05, 0.1) is 22.7 Å². The maximum atomic E-state index is 12.4. The van der Waals surface area contributed by atoms with Gasteiger partial charge >= 0.3 is 0 Å². The summed E-state index contributed by atoms with van der Waals surface area (Å²) in [6, 6.07) is 17.3. The first kappa shape index (κ1) is 13.5. The van der Waals surface area contributed by atoms with Crippen LogP contribution in [0.15, 0.2) is 48.5 Å². The maximum absolute atomic E-state index is 12.4. The van der Waals surface area contributed by atoms with E-state index in [-0.39, 0.29) is 17.7 Å². The van der Waals surface area contributed by atoms with Gasteiger partial charge in [0.2, 0.25) is 11.9 Å². The van der Waals surface area contributed by atoms with Gasteiger partial charge in [-0.25, -0.2) is 4.98 Å². The average molecular weight is 302 g/mol. The van der Waals surface area contributed by atoms with Crippen molar-refractivity contribution < 1.29 is 4.79 Å². The van der Waals surface area contributed by atoms with Crippen molar-refractivity contribution in [3.63, 3.8) is 0 Å². The number of H-pyrrole nitrogens is 1. The van der Waals surface area contributed by atoms with Crippen molar-refractivity contribution in [2.45, 2.75) is 12.3 Å². The lowest BCUT2D eigenvalue weighted by Gasteiger charge is -2.02. The van der Waals surface area contributed by atoms with Crippen LogP contribution in [0.1, 0.15) is 23.5 Å². The number of carbonyl (C=O) groups excluding carboxylic acids is 1. The zero-order valence-corrected chi connectivity index (χ0v) is 12.3. The highest BCUT2D eigenvalue weighted by Gasteiger charge is 2.44. The van der Waals surface area contributed by atoms with Crippen LogP contribution in [-0.2, 0) is 4.79 Å². The fourth-order valence-electron chi connectivity index (χ4n) is 2.91. The number of carbonyl (C=O) groups is 1. The van der Waals surface area contributed by atoms with Gasteiger partial charge in [0.1, 0.15) is 0 Å². The number of aromatic nitrogens is 2. The lowest BCUT2D eigenvalue weighted by atomic mass is 10.1. The van der Waals surface area contributed by atoms with Gasteiger partial charge in [-0.05, 0) is 42.2 Å². The molecular formula is C18H14N4O. The minimum absolute atomic E-state index is 0.0311. The average Bonchev–Trinajstić information content (AvgIpc) is 3.28. The molecule has 1 aliphatic carbocycles. The fraction of sp³-hybridized carbons (Fsp3) is 0.167. The van der Waals surface area contributed by atoms with E-state index in [1.54, 1.807) is 6.07 Å². The van der Waals surface area contributed by atoms with Crippen LogP contribution in [0.5, 0.6) is 0 Å². The predicted molar refractivity (Wildman–Crippen MR) is 86.7 cm³/mol. The highest BCUT2D eigenvalue weighted by molar-refractivity contribution is 5.95. The van der Waals surface area contributed by atoms with Crippen molar-refractivity contribution in [1.29, 1.82) is 5.26 Å². The highest BCUT2D eigenvalue weighted by Crippen LogP contribution is 2.48. The predicted octanol–water partition coefficient (Wildman–Crippen LogP) is 3.18. The molecule has 2 N–H and O–H groups in total. The molecule has 1 heterocycles. The number of aromatic amines is 1. The van der Waals surface area contributed by atoms with E-state index < -0.39 is 0 Å². The van der Waals surface area contributed by atoms with Crippen LogP contribution in [0, 0.1) is 17.2 Å². The largest absolute Gasteiger partial charge is 0.324 e. The first-order chi connectivity index (χ1) is 11.2. The number of nitrogens with one attached hydrogen (secondary N) is 2. The monoisotopic (exact) mass is 302 g/mol. The number of para-hydroxylation sites is 2. The van der Waals surface area contributed by atoms with Crippen molar-refractivity contribution in [1.82, 2.24) is 9.97 Å². The van der Waals surface area contributed by atoms with Crippen LogP contribution in [-0.4, -0.2) is 15.9 Å². The van der Waals surface area contributed by atoms with Crippen molar-refractivity contribution >= 4 is 22.9 Å². The number of hydrogen-bond acceptors (Lipinski definition) is 3. The number of rotatable bonds is 3. The summed E-state index contributed by atoms with van der Waals surface area (Å²) < 4.78 is 0. The zero-order valence-electron chi connectivity index (χ0n) is 12.3. The number of nitriles is 1. The molecular weight excluding hydrogens is 288 g/mol. The van der Waals surface area contributed by atoms with Crippen LogP contribution in [0.4, 0.5) is 5.95 Å². The van der Waals surface area contributed by atoms with E-state index in [4.69, 9.17) is 5.26 Å². The molecule has 0 saturated heterocycles. The first-order valence-corrected chi connectivity index (χ1v) is 7.50. The minimum atomic E-state index is -0.0582. The number of imidazole rings is 1. The van der Waals surface area contributed by atoms with Gasteiger partial charge in [0, 0.05) is 5.92 Å². The second kappa shape index (κ2) is 5.25. The zero-order chi connectivity index (χ0) is 15.8. The summed E-state index contributed by atoms with van der Waals surface area (Å²) in [5, 5.41) is 11.8. The van der Waals surface area contributed by atoms with Crippen molar-refractivity contribution in [3.8, 4) is 6.07 Å². The topological polar surface area (TPSA) is 81.6 Å². The van der Waals surface area contributed by atoms with Gasteiger partial charge in [0.15, 0.2) is 0 Å². The molecule has 1 aromatic heterocycles. The van der Waals surface area contributed by atoms with Crippen LogP contribution < -0.4 is 5.32 Å². The molecule has 3 aromatic rings. The molecule has 2 unspecified atom stereocenters. The highest BCUT2D eigenvalue weighted by atomic mass is 16.2. The van der Waals surface area contributed by atoms with Gasteiger partial charge in [-0.15, -0.1) is 0 Å². The fourth-order valence-corrected chi connectivity index (χ4v) is 2.91. The smallest absolute Gasteiger partial charge is 0.230 e. The minimum Gasteiger partial charge on any atom is -0.324 e. The second-order valence-electron chi connectivity index (χ2n) is 5.78. The van der Waals surface area contributed by atoms with Gasteiger partial charge in [-0.3, -0.25) is 10.1 Å². The molecule has 1 fully saturated rings. The Morgan fingerprint density at radius 1 is 1.26 bits per heavy atom. The van der Waals surface area contributed by atoms with Crippen LogP contribution >= 0.6 is 0 Å². The van der Waals surface area contributed by atoms with Gasteiger partial charge < -0.3 is 4.98 Å². The Labute approximate surface area is 133 Å². The molecule has 112 valence electrons. The molecule has 1 amide bonds. The van der Waals surface area contributed by atoms with E-state index in [1.165, 1.54) is 0 Å². The Bertz CT molecular complexity index is 904. The summed E-state index contributed by atoms with van der Waals surface area (Å²) in [6.07, 6.45) is 0.806. The molecule has 5 heteroatoms. The SMILES string of the molecule is N#Cc1cccc(C2CC2C(=O)Nc2nc3ccccc3[nH]2)c1. The molecule has 0 radical (unpaired) electrons. The molecule has 0 spiro atoms.